The van der Waals surface area contributed by atoms with E-state index in [9.17, 15) is 9.59 Å². The molecule has 17 heavy (non-hydrogen) atoms. The molecule has 98 valence electrons. The molecule has 0 amide bonds. The van der Waals surface area contributed by atoms with Gasteiger partial charge in [-0.25, -0.2) is 4.79 Å². The van der Waals surface area contributed by atoms with Crippen molar-refractivity contribution in [1.82, 2.24) is 0 Å². The number of unbranched alkanes of at least 4 members (excludes halogenated alkanes) is 1. The predicted octanol–water partition coefficient (Wildman–Crippen LogP) is 2.77. The van der Waals surface area contributed by atoms with Gasteiger partial charge in [0.25, 0.3) is 0 Å². The number of aliphatic carboxylic acids is 1. The normalized spacial score (nSPS) is 9.29. The van der Waals surface area contributed by atoms with Crippen molar-refractivity contribution < 1.29 is 19.4 Å². The third-order valence-electron chi connectivity index (χ3n) is 1.40. The monoisotopic (exact) mass is 262 g/mol. The Balaban J connectivity index is 0. The molecule has 0 aliphatic carbocycles. The number of halogens is 1. The van der Waals surface area contributed by atoms with Crippen LogP contribution in [0.1, 0.15) is 26.2 Å². The first-order chi connectivity index (χ1) is 8.08. The molecule has 0 rings (SSSR count). The molecular weight excluding hydrogens is 244 g/mol. The quantitative estimate of drug-likeness (QED) is 0.332. The van der Waals surface area contributed by atoms with Crippen LogP contribution in [0.15, 0.2) is 24.8 Å². The van der Waals surface area contributed by atoms with Crippen LogP contribution in [-0.4, -0.2) is 29.5 Å². The van der Waals surface area contributed by atoms with Crippen molar-refractivity contribution in [2.24, 2.45) is 0 Å². The van der Waals surface area contributed by atoms with Gasteiger partial charge in [-0.3, -0.25) is 4.79 Å². The molecule has 0 aliphatic heterocycles. The highest BCUT2D eigenvalue weighted by Gasteiger charge is 1.90. The van der Waals surface area contributed by atoms with Crippen LogP contribution in [0.5, 0.6) is 0 Å². The van der Waals surface area contributed by atoms with Crippen LogP contribution < -0.4 is 0 Å². The third-order valence-corrected chi connectivity index (χ3v) is 1.56. The van der Waals surface area contributed by atoms with E-state index in [1.54, 1.807) is 6.08 Å². The van der Waals surface area contributed by atoms with E-state index in [1.807, 2.05) is 6.08 Å². The molecule has 0 bridgehead atoms. The Morgan fingerprint density at radius 1 is 1.41 bits per heavy atom. The molecule has 0 saturated carbocycles. The lowest BCUT2D eigenvalue weighted by molar-refractivity contribution is -0.137. The van der Waals surface area contributed by atoms with E-state index in [1.165, 1.54) is 0 Å². The third kappa shape index (κ3) is 20.7. The largest absolute Gasteiger partial charge is 0.481 e. The number of carboxylic acid groups (broad SMARTS) is 1. The number of hydrogen-bond acceptors (Lipinski definition) is 3. The van der Waals surface area contributed by atoms with E-state index < -0.39 is 11.9 Å². The number of carboxylic acids is 1. The van der Waals surface area contributed by atoms with Crippen LogP contribution in [-0.2, 0) is 14.3 Å². The van der Waals surface area contributed by atoms with Gasteiger partial charge in [0.2, 0.25) is 0 Å². The van der Waals surface area contributed by atoms with Crippen molar-refractivity contribution in [2.45, 2.75) is 26.2 Å². The molecule has 0 radical (unpaired) electrons. The summed E-state index contributed by atoms with van der Waals surface area (Å²) in [6.07, 6.45) is 6.90. The lowest BCUT2D eigenvalue weighted by Gasteiger charge is -1.93. The molecule has 4 nitrogen and oxygen atoms in total. The van der Waals surface area contributed by atoms with Gasteiger partial charge < -0.3 is 9.84 Å². The van der Waals surface area contributed by atoms with Gasteiger partial charge in [-0.05, 0) is 6.42 Å². The highest BCUT2D eigenvalue weighted by molar-refractivity contribution is 6.18. The van der Waals surface area contributed by atoms with Crippen LogP contribution in [0, 0.1) is 0 Å². The molecule has 0 aromatic carbocycles. The smallest absolute Gasteiger partial charge is 0.330 e. The SMILES string of the molecule is C=CC(=O)OCCCl.CCCC=CCC(=O)O. The van der Waals surface area contributed by atoms with Crippen LogP contribution in [0.3, 0.4) is 0 Å². The maximum atomic E-state index is 10.2. The van der Waals surface area contributed by atoms with Crippen molar-refractivity contribution >= 4 is 23.5 Å². The number of allylic oxidation sites excluding steroid dienone is 1. The summed E-state index contributed by atoms with van der Waals surface area (Å²) in [6, 6.07) is 0. The maximum absolute atomic E-state index is 10.2. The summed E-state index contributed by atoms with van der Waals surface area (Å²) >= 11 is 5.19. The van der Waals surface area contributed by atoms with Gasteiger partial charge in [-0.2, -0.15) is 0 Å². The van der Waals surface area contributed by atoms with Crippen molar-refractivity contribution in [3.8, 4) is 0 Å². The summed E-state index contributed by atoms with van der Waals surface area (Å²) < 4.78 is 4.45. The Labute approximate surface area is 107 Å². The van der Waals surface area contributed by atoms with E-state index in [2.05, 4.69) is 18.2 Å². The number of esters is 1. The zero-order chi connectivity index (χ0) is 13.5. The highest BCUT2D eigenvalue weighted by atomic mass is 35.5. The number of carbonyl (C=O) groups is 2. The van der Waals surface area contributed by atoms with Crippen molar-refractivity contribution in [3.05, 3.63) is 24.8 Å². The maximum Gasteiger partial charge on any atom is 0.330 e. The van der Waals surface area contributed by atoms with Crippen molar-refractivity contribution in [3.63, 3.8) is 0 Å². The second-order valence-corrected chi connectivity index (χ2v) is 3.30. The zero-order valence-electron chi connectivity index (χ0n) is 10.0. The summed E-state index contributed by atoms with van der Waals surface area (Å²) in [6.45, 7) is 5.51. The molecular formula is C12H19ClO4. The first-order valence-corrected chi connectivity index (χ1v) is 5.83. The standard InChI is InChI=1S/C7H12O2.C5H7ClO2/c1-2-3-4-5-6-7(8)9;1-2-5(7)8-4-3-6/h4-5H,2-3,6H2,1H3,(H,8,9);2H,1,3-4H2. The summed E-state index contributed by atoms with van der Waals surface area (Å²) in [4.78, 5) is 20.1. The minimum atomic E-state index is -0.762. The second-order valence-electron chi connectivity index (χ2n) is 2.92. The Morgan fingerprint density at radius 3 is 2.47 bits per heavy atom. The van der Waals surface area contributed by atoms with E-state index >= 15 is 0 Å². The van der Waals surface area contributed by atoms with Crippen LogP contribution in [0.25, 0.3) is 0 Å². The number of rotatable bonds is 7. The molecule has 5 heteroatoms. The van der Waals surface area contributed by atoms with Gasteiger partial charge >= 0.3 is 11.9 Å². The number of alkyl halides is 1. The second kappa shape index (κ2) is 14.7. The van der Waals surface area contributed by atoms with Crippen molar-refractivity contribution in [2.75, 3.05) is 12.5 Å². The van der Waals surface area contributed by atoms with Crippen LogP contribution in [0.2, 0.25) is 0 Å². The van der Waals surface area contributed by atoms with Gasteiger partial charge in [0.05, 0.1) is 12.3 Å². The molecule has 0 unspecified atom stereocenters. The lowest BCUT2D eigenvalue weighted by Crippen LogP contribution is -2.01. The summed E-state index contributed by atoms with van der Waals surface area (Å²) in [5.74, 6) is -0.854. The number of carbonyl (C=O) groups excluding carboxylic acids is 1. The summed E-state index contributed by atoms with van der Waals surface area (Å²) in [7, 11) is 0. The topological polar surface area (TPSA) is 63.6 Å². The summed E-state index contributed by atoms with van der Waals surface area (Å²) in [5.41, 5.74) is 0. The number of ether oxygens (including phenoxy) is 1. The lowest BCUT2D eigenvalue weighted by atomic mass is 10.3. The molecule has 0 spiro atoms. The van der Waals surface area contributed by atoms with E-state index in [-0.39, 0.29) is 13.0 Å². The molecule has 0 aliphatic rings. The van der Waals surface area contributed by atoms with Gasteiger partial charge in [-0.15, -0.1) is 11.6 Å². The zero-order valence-corrected chi connectivity index (χ0v) is 10.8. The van der Waals surface area contributed by atoms with Gasteiger partial charge in [0.15, 0.2) is 0 Å². The van der Waals surface area contributed by atoms with Crippen LogP contribution in [0.4, 0.5) is 0 Å². The first kappa shape index (κ1) is 18.1. The fraction of sp³-hybridized carbons (Fsp3) is 0.500. The van der Waals surface area contributed by atoms with E-state index in [4.69, 9.17) is 16.7 Å². The fourth-order valence-corrected chi connectivity index (χ4v) is 0.744. The van der Waals surface area contributed by atoms with E-state index in [0.29, 0.717) is 5.88 Å². The molecule has 0 saturated heterocycles. The van der Waals surface area contributed by atoms with Gasteiger partial charge in [-0.1, -0.05) is 32.1 Å². The fourth-order valence-electron chi connectivity index (χ4n) is 0.667. The average Bonchev–Trinajstić information content (AvgIpc) is 2.32. The highest BCUT2D eigenvalue weighted by Crippen LogP contribution is 1.90. The van der Waals surface area contributed by atoms with Gasteiger partial charge in [0, 0.05) is 6.08 Å². The minimum Gasteiger partial charge on any atom is -0.481 e. The molecule has 0 fully saturated rings. The van der Waals surface area contributed by atoms with Crippen LogP contribution >= 0.6 is 11.6 Å². The Hall–Kier alpha value is -1.29. The Bertz CT molecular complexity index is 249. The molecule has 0 atom stereocenters. The predicted molar refractivity (Wildman–Crippen MR) is 68.2 cm³/mol. The minimum absolute atomic E-state index is 0.153. The molecule has 0 aromatic heterocycles. The molecule has 1 N–H and O–H groups in total. The molecule has 0 aromatic rings. The van der Waals surface area contributed by atoms with E-state index in [0.717, 1.165) is 18.9 Å². The average molecular weight is 263 g/mol. The van der Waals surface area contributed by atoms with Crippen molar-refractivity contribution in [1.29, 1.82) is 0 Å². The Kier molecular flexibility index (Phi) is 15.6. The Morgan fingerprint density at radius 2 is 2.06 bits per heavy atom. The number of hydrogen-bond donors (Lipinski definition) is 1. The molecule has 0 heterocycles. The summed E-state index contributed by atoms with van der Waals surface area (Å²) in [5, 5.41) is 8.16. The van der Waals surface area contributed by atoms with Gasteiger partial charge in [0.1, 0.15) is 6.61 Å². The first-order valence-electron chi connectivity index (χ1n) is 5.30.